The predicted molar refractivity (Wildman–Crippen MR) is 84.1 cm³/mol. The third kappa shape index (κ3) is 3.15. The molecule has 0 saturated heterocycles. The average Bonchev–Trinajstić information content (AvgIpc) is 3.24. The molecule has 1 N–H and O–H groups in total. The van der Waals surface area contributed by atoms with Crippen molar-refractivity contribution in [3.8, 4) is 0 Å². The maximum Gasteiger partial charge on any atom is 0.251 e. The molecule has 0 atom stereocenters. The number of carbonyl (C=O) groups excluding carboxylic acids is 2. The summed E-state index contributed by atoms with van der Waals surface area (Å²) in [5.74, 6) is 0.0465. The Kier molecular flexibility index (Phi) is 4.16. The van der Waals surface area contributed by atoms with E-state index < -0.39 is 0 Å². The Hall–Kier alpha value is -2.66. The molecule has 3 rings (SSSR count). The highest BCUT2D eigenvalue weighted by Gasteiger charge is 2.14. The molecular formula is C17H13NO3S. The second-order valence-electron chi connectivity index (χ2n) is 4.62. The van der Waals surface area contributed by atoms with Crippen LogP contribution in [0.1, 0.15) is 30.7 Å². The van der Waals surface area contributed by atoms with Crippen molar-refractivity contribution in [2.75, 3.05) is 0 Å². The summed E-state index contributed by atoms with van der Waals surface area (Å²) in [6.07, 6.45) is 1.47. The minimum atomic E-state index is -0.143. The zero-order valence-corrected chi connectivity index (χ0v) is 12.4. The molecule has 0 bridgehead atoms. The van der Waals surface area contributed by atoms with Crippen LogP contribution in [0.3, 0.4) is 0 Å². The molecule has 0 radical (unpaired) electrons. The highest BCUT2D eigenvalue weighted by atomic mass is 32.1. The first-order chi connectivity index (χ1) is 10.7. The van der Waals surface area contributed by atoms with E-state index in [-0.39, 0.29) is 11.7 Å². The smallest absolute Gasteiger partial charge is 0.251 e. The van der Waals surface area contributed by atoms with Crippen molar-refractivity contribution in [1.82, 2.24) is 5.32 Å². The maximum atomic E-state index is 12.1. The minimum absolute atomic E-state index is 0.132. The number of amides is 1. The lowest BCUT2D eigenvalue weighted by Gasteiger charge is -2.03. The van der Waals surface area contributed by atoms with E-state index in [1.54, 1.807) is 30.3 Å². The molecule has 5 heteroatoms. The van der Waals surface area contributed by atoms with Gasteiger partial charge < -0.3 is 9.73 Å². The molecule has 0 fully saturated rings. The maximum absolute atomic E-state index is 12.1. The van der Waals surface area contributed by atoms with Gasteiger partial charge in [-0.05, 0) is 36.4 Å². The molecule has 1 aromatic carbocycles. The van der Waals surface area contributed by atoms with Crippen molar-refractivity contribution in [2.24, 2.45) is 0 Å². The fraction of sp³-hybridized carbons (Fsp3) is 0.0588. The van der Waals surface area contributed by atoms with Crippen LogP contribution in [-0.2, 0) is 6.54 Å². The van der Waals surface area contributed by atoms with E-state index in [0.29, 0.717) is 22.7 Å². The zero-order chi connectivity index (χ0) is 15.4. The largest absolute Gasteiger partial charge is 0.461 e. The minimum Gasteiger partial charge on any atom is -0.461 e. The van der Waals surface area contributed by atoms with Gasteiger partial charge in [-0.25, -0.2) is 0 Å². The van der Waals surface area contributed by atoms with Gasteiger partial charge in [-0.15, -0.1) is 11.3 Å². The lowest BCUT2D eigenvalue weighted by atomic mass is 10.2. The van der Waals surface area contributed by atoms with Crippen LogP contribution in [-0.4, -0.2) is 11.7 Å². The van der Waals surface area contributed by atoms with Crippen molar-refractivity contribution in [1.29, 1.82) is 0 Å². The monoisotopic (exact) mass is 311 g/mol. The van der Waals surface area contributed by atoms with Crippen LogP contribution in [0.5, 0.6) is 0 Å². The first-order valence-electron chi connectivity index (χ1n) is 6.74. The topological polar surface area (TPSA) is 59.3 Å². The Morgan fingerprint density at radius 2 is 1.82 bits per heavy atom. The number of carbonyl (C=O) groups is 2. The molecule has 0 aliphatic heterocycles. The summed E-state index contributed by atoms with van der Waals surface area (Å²) < 4.78 is 5.10. The lowest BCUT2D eigenvalue weighted by molar-refractivity contribution is 0.0950. The summed E-state index contributed by atoms with van der Waals surface area (Å²) in [5, 5.41) is 2.84. The summed E-state index contributed by atoms with van der Waals surface area (Å²) >= 11 is 1.35. The van der Waals surface area contributed by atoms with Crippen LogP contribution in [0.2, 0.25) is 0 Å². The Morgan fingerprint density at radius 3 is 2.55 bits per heavy atom. The molecule has 0 saturated carbocycles. The van der Waals surface area contributed by atoms with Crippen LogP contribution in [0.25, 0.3) is 0 Å². The predicted octanol–water partition coefficient (Wildman–Crippen LogP) is 3.50. The van der Waals surface area contributed by atoms with Crippen molar-refractivity contribution >= 4 is 23.0 Å². The van der Waals surface area contributed by atoms with Gasteiger partial charge in [0.05, 0.1) is 17.7 Å². The van der Waals surface area contributed by atoms with Gasteiger partial charge in [0.2, 0.25) is 5.78 Å². The molecule has 22 heavy (non-hydrogen) atoms. The van der Waals surface area contributed by atoms with Gasteiger partial charge in [0.25, 0.3) is 5.91 Å². The van der Waals surface area contributed by atoms with E-state index in [1.807, 2.05) is 24.3 Å². The van der Waals surface area contributed by atoms with E-state index >= 15 is 0 Å². The molecule has 4 nitrogen and oxygen atoms in total. The molecule has 0 aliphatic carbocycles. The molecule has 2 aromatic heterocycles. The number of nitrogens with one attached hydrogen (secondary N) is 1. The Balaban J connectivity index is 1.63. The number of ketones is 1. The molecule has 2 heterocycles. The van der Waals surface area contributed by atoms with Gasteiger partial charge in [-0.3, -0.25) is 9.59 Å². The van der Waals surface area contributed by atoms with E-state index in [4.69, 9.17) is 4.42 Å². The molecule has 0 aliphatic rings. The van der Waals surface area contributed by atoms with Gasteiger partial charge >= 0.3 is 0 Å². The van der Waals surface area contributed by atoms with Crippen LogP contribution in [0.4, 0.5) is 0 Å². The van der Waals surface area contributed by atoms with Crippen LogP contribution >= 0.6 is 11.3 Å². The van der Waals surface area contributed by atoms with Crippen LogP contribution in [0, 0.1) is 0 Å². The number of thiophene rings is 1. The van der Waals surface area contributed by atoms with Gasteiger partial charge in [0, 0.05) is 10.4 Å². The molecule has 0 unspecified atom stereocenters. The van der Waals surface area contributed by atoms with E-state index in [1.165, 1.54) is 17.6 Å². The standard InChI is InChI=1S/C17H13NO3S/c19-16(14-7-4-10-21-14)15-9-8-13(22-15)11-18-17(20)12-5-2-1-3-6-12/h1-10H,11H2,(H,18,20). The Morgan fingerprint density at radius 1 is 1.00 bits per heavy atom. The van der Waals surface area contributed by atoms with Crippen LogP contribution < -0.4 is 5.32 Å². The highest BCUT2D eigenvalue weighted by Crippen LogP contribution is 2.20. The SMILES string of the molecule is O=C(NCc1ccc(C(=O)c2ccco2)s1)c1ccccc1. The van der Waals surface area contributed by atoms with Gasteiger partial charge in [0.1, 0.15) is 0 Å². The highest BCUT2D eigenvalue weighted by molar-refractivity contribution is 7.14. The molecule has 1 amide bonds. The zero-order valence-electron chi connectivity index (χ0n) is 11.6. The number of hydrogen-bond acceptors (Lipinski definition) is 4. The summed E-state index contributed by atoms with van der Waals surface area (Å²) in [6.45, 7) is 0.393. The van der Waals surface area contributed by atoms with E-state index in [2.05, 4.69) is 5.32 Å². The normalized spacial score (nSPS) is 10.4. The summed E-state index contributed by atoms with van der Waals surface area (Å²) in [7, 11) is 0. The lowest BCUT2D eigenvalue weighted by Crippen LogP contribution is -2.22. The fourth-order valence-electron chi connectivity index (χ4n) is 1.98. The quantitative estimate of drug-likeness (QED) is 0.734. The van der Waals surface area contributed by atoms with Crippen molar-refractivity contribution in [3.05, 3.63) is 81.9 Å². The summed E-state index contributed by atoms with van der Waals surface area (Å²) in [4.78, 5) is 25.6. The first kappa shape index (κ1) is 14.3. The van der Waals surface area contributed by atoms with E-state index in [0.717, 1.165) is 4.88 Å². The Labute approximate surface area is 131 Å². The second-order valence-corrected chi connectivity index (χ2v) is 5.79. The van der Waals surface area contributed by atoms with Gasteiger partial charge in [0.15, 0.2) is 5.76 Å². The van der Waals surface area contributed by atoms with Gasteiger partial charge in [-0.1, -0.05) is 18.2 Å². The van der Waals surface area contributed by atoms with Crippen molar-refractivity contribution < 1.29 is 14.0 Å². The second kappa shape index (κ2) is 6.41. The third-order valence-electron chi connectivity index (χ3n) is 3.09. The Bertz CT molecular complexity index is 775. The van der Waals surface area contributed by atoms with Gasteiger partial charge in [-0.2, -0.15) is 0 Å². The number of furan rings is 1. The number of benzene rings is 1. The molecule has 3 aromatic rings. The fourth-order valence-corrected chi connectivity index (χ4v) is 2.88. The first-order valence-corrected chi connectivity index (χ1v) is 7.56. The van der Waals surface area contributed by atoms with Crippen molar-refractivity contribution in [2.45, 2.75) is 6.54 Å². The number of rotatable bonds is 5. The average molecular weight is 311 g/mol. The molecule has 110 valence electrons. The van der Waals surface area contributed by atoms with E-state index in [9.17, 15) is 9.59 Å². The number of hydrogen-bond donors (Lipinski definition) is 1. The molecule has 0 spiro atoms. The summed E-state index contributed by atoms with van der Waals surface area (Å²) in [5.41, 5.74) is 0.617. The third-order valence-corrected chi connectivity index (χ3v) is 4.17. The van der Waals surface area contributed by atoms with Crippen LogP contribution in [0.15, 0.2) is 65.3 Å². The molecular weight excluding hydrogens is 298 g/mol. The summed E-state index contributed by atoms with van der Waals surface area (Å²) in [6, 6.07) is 15.9. The van der Waals surface area contributed by atoms with Crippen molar-refractivity contribution in [3.63, 3.8) is 0 Å².